The Morgan fingerprint density at radius 3 is 2.56 bits per heavy atom. The van der Waals surface area contributed by atoms with Gasteiger partial charge < -0.3 is 20.7 Å². The fourth-order valence-electron chi connectivity index (χ4n) is 4.73. The largest absolute Gasteiger partial charge is 0.467 e. The lowest BCUT2D eigenvalue weighted by atomic mass is 10.0. The molecule has 1 aromatic carbocycles. The van der Waals surface area contributed by atoms with Gasteiger partial charge in [0.1, 0.15) is 17.2 Å². The topological polar surface area (TPSA) is 89.2 Å². The van der Waals surface area contributed by atoms with Crippen LogP contribution in [0.1, 0.15) is 24.0 Å². The summed E-state index contributed by atoms with van der Waals surface area (Å²) in [5, 5.41) is 3.00. The van der Waals surface area contributed by atoms with Crippen LogP contribution in [0.15, 0.2) is 18.7 Å². The molecule has 2 bridgehead atoms. The molecule has 0 radical (unpaired) electrons. The van der Waals surface area contributed by atoms with Crippen LogP contribution in [0.3, 0.4) is 0 Å². The molecule has 2 fully saturated rings. The van der Waals surface area contributed by atoms with Gasteiger partial charge in [-0.05, 0) is 31.1 Å². The number of piperazine rings is 1. The number of anilines is 2. The smallest absolute Gasteiger partial charge is 0.417 e. The third-order valence-corrected chi connectivity index (χ3v) is 7.19. The lowest BCUT2D eigenvalue weighted by Crippen LogP contribution is -2.51. The zero-order valence-electron chi connectivity index (χ0n) is 19.0. The average Bonchev–Trinajstić information content (AvgIpc) is 3.38. The fraction of sp³-hybridized carbons (Fsp3) is 0.348. The number of alkyl halides is 3. The molecule has 0 aliphatic carbocycles. The zero-order valence-corrected chi connectivity index (χ0v) is 19.8. The number of nitrogens with one attached hydrogen (secondary N) is 1. The van der Waals surface area contributed by atoms with Crippen molar-refractivity contribution in [1.29, 1.82) is 0 Å². The predicted molar refractivity (Wildman–Crippen MR) is 127 cm³/mol. The molecule has 2 aliphatic heterocycles. The minimum atomic E-state index is -4.94. The Balaban J connectivity index is 1.81. The highest BCUT2D eigenvalue weighted by atomic mass is 32.1. The number of nitrogens with zero attached hydrogens (tertiary/aromatic N) is 4. The van der Waals surface area contributed by atoms with E-state index in [1.54, 1.807) is 0 Å². The number of hydrogen-bond acceptors (Lipinski definition) is 8. The molecule has 13 heteroatoms. The van der Waals surface area contributed by atoms with Crippen molar-refractivity contribution >= 4 is 45.1 Å². The molecule has 190 valence electrons. The second-order valence-corrected chi connectivity index (χ2v) is 9.62. The number of benzene rings is 1. The highest BCUT2D eigenvalue weighted by molar-refractivity contribution is 7.13. The van der Waals surface area contributed by atoms with Crippen LogP contribution < -0.4 is 30.6 Å². The summed E-state index contributed by atoms with van der Waals surface area (Å²) < 4.78 is 77.9. The molecule has 2 unspecified atom stereocenters. The van der Waals surface area contributed by atoms with Gasteiger partial charge in [0.15, 0.2) is 10.9 Å². The van der Waals surface area contributed by atoms with Crippen LogP contribution in [0.5, 0.6) is 6.01 Å². The highest BCUT2D eigenvalue weighted by Crippen LogP contribution is 2.40. The first-order valence-electron chi connectivity index (χ1n) is 11.0. The molecular weight excluding hydrogens is 503 g/mol. The maximum Gasteiger partial charge on any atom is 0.417 e. The average molecular weight is 525 g/mol. The van der Waals surface area contributed by atoms with Gasteiger partial charge in [0.25, 0.3) is 0 Å². The fourth-order valence-corrected chi connectivity index (χ4v) is 5.47. The maximum atomic E-state index is 15.9. The van der Waals surface area contributed by atoms with Gasteiger partial charge in [-0.3, -0.25) is 0 Å². The summed E-state index contributed by atoms with van der Waals surface area (Å²) in [6.45, 7) is 4.32. The van der Waals surface area contributed by atoms with E-state index in [9.17, 15) is 17.6 Å². The maximum absolute atomic E-state index is 15.9. The van der Waals surface area contributed by atoms with Gasteiger partial charge in [0.05, 0.1) is 22.6 Å². The van der Waals surface area contributed by atoms with E-state index < -0.39 is 28.9 Å². The molecule has 0 saturated carbocycles. The monoisotopic (exact) mass is 524 g/mol. The molecular formula is C23H21F5N6OS. The Kier molecular flexibility index (Phi) is 6.07. The zero-order chi connectivity index (χ0) is 25.8. The number of rotatable bonds is 4. The van der Waals surface area contributed by atoms with Crippen LogP contribution in [-0.4, -0.2) is 47.2 Å². The minimum Gasteiger partial charge on any atom is -0.467 e. The number of nitrogens with two attached hydrogens (primary N) is 1. The summed E-state index contributed by atoms with van der Waals surface area (Å²) in [4.78, 5) is 14.1. The third-order valence-electron chi connectivity index (χ3n) is 6.28. The van der Waals surface area contributed by atoms with E-state index in [1.165, 1.54) is 7.11 Å². The quantitative estimate of drug-likeness (QED) is 0.508. The van der Waals surface area contributed by atoms with Crippen LogP contribution >= 0.6 is 11.3 Å². The van der Waals surface area contributed by atoms with Crippen LogP contribution in [0.25, 0.3) is 22.8 Å². The highest BCUT2D eigenvalue weighted by Gasteiger charge is 2.38. The van der Waals surface area contributed by atoms with Crippen LogP contribution in [-0.2, 0) is 6.18 Å². The number of thiazole rings is 1. The van der Waals surface area contributed by atoms with E-state index in [2.05, 4.69) is 26.8 Å². The lowest BCUT2D eigenvalue weighted by Gasteiger charge is -2.34. The Labute approximate surface area is 205 Å². The van der Waals surface area contributed by atoms with Crippen molar-refractivity contribution in [2.45, 2.75) is 31.1 Å². The van der Waals surface area contributed by atoms with E-state index in [0.717, 1.165) is 31.1 Å². The van der Waals surface area contributed by atoms with Crippen LogP contribution in [0.4, 0.5) is 32.9 Å². The van der Waals surface area contributed by atoms with Crippen LogP contribution in [0.2, 0.25) is 0 Å². The molecule has 2 atom stereocenters. The Morgan fingerprint density at radius 1 is 1.25 bits per heavy atom. The predicted octanol–water partition coefficient (Wildman–Crippen LogP) is 2.87. The van der Waals surface area contributed by atoms with E-state index in [0.29, 0.717) is 24.4 Å². The number of ether oxygens (including phenoxy) is 1. The summed E-state index contributed by atoms with van der Waals surface area (Å²) in [6.07, 6.45) is -1.39. The van der Waals surface area contributed by atoms with Gasteiger partial charge in [-0.2, -0.15) is 23.1 Å². The van der Waals surface area contributed by atoms with Crippen molar-refractivity contribution in [1.82, 2.24) is 20.3 Å². The molecule has 2 aromatic heterocycles. The van der Waals surface area contributed by atoms with E-state index in [1.807, 2.05) is 4.90 Å². The summed E-state index contributed by atoms with van der Waals surface area (Å²) in [6, 6.07) is 0.955. The lowest BCUT2D eigenvalue weighted by molar-refractivity contribution is -0.137. The second kappa shape index (κ2) is 8.96. The van der Waals surface area contributed by atoms with E-state index >= 15 is 4.39 Å². The number of nitrogen functional groups attached to an aromatic ring is 1. The number of fused-ring (bicyclic) bond motifs is 3. The number of allylic oxidation sites excluding steroid dienone is 1. The first kappa shape index (κ1) is 24.4. The van der Waals surface area contributed by atoms with Crippen LogP contribution in [0, 0.1) is 5.82 Å². The normalized spacial score (nSPS) is 21.3. The minimum absolute atomic E-state index is 0.0948. The van der Waals surface area contributed by atoms with E-state index in [4.69, 9.17) is 10.5 Å². The first-order valence-corrected chi connectivity index (χ1v) is 11.8. The van der Waals surface area contributed by atoms with Crippen molar-refractivity contribution in [3.63, 3.8) is 0 Å². The first-order chi connectivity index (χ1) is 17.1. The number of methoxy groups -OCH3 is 1. The van der Waals surface area contributed by atoms with Gasteiger partial charge in [-0.1, -0.05) is 17.9 Å². The Bertz CT molecular complexity index is 1480. The molecule has 3 aromatic rings. The van der Waals surface area contributed by atoms with Gasteiger partial charge in [0, 0.05) is 36.1 Å². The SMILES string of the molecule is C=C/C(F)=c1/sc(N)n/c1=C\c1c(C(F)(F)F)cc2c(N3CC4CCC(C3)N4)nc(OC)nc2c1F. The standard InChI is InChI=1S/C23H21F5N6OS/c1-3-15(24)19-16(31-21(29)36-19)7-12-14(23(26,27)28)6-13-18(17(12)25)32-22(35-2)33-20(13)34-8-10-4-5-11(9-34)30-10/h3,6-7,10-11,30H,1,4-5,8-9H2,2H3,(H2,29,31)/b16-7-,19-15-. The number of hydrogen-bond donors (Lipinski definition) is 2. The molecule has 2 aliphatic rings. The summed E-state index contributed by atoms with van der Waals surface area (Å²) in [5.41, 5.74) is 3.20. The molecule has 7 nitrogen and oxygen atoms in total. The number of aromatic nitrogens is 3. The summed E-state index contributed by atoms with van der Waals surface area (Å²) >= 11 is 0.713. The summed E-state index contributed by atoms with van der Waals surface area (Å²) in [7, 11) is 1.29. The molecule has 0 amide bonds. The second-order valence-electron chi connectivity index (χ2n) is 8.59. The Hall–Kier alpha value is -3.32. The number of halogens is 5. The van der Waals surface area contributed by atoms with Gasteiger partial charge in [-0.25, -0.2) is 13.8 Å². The van der Waals surface area contributed by atoms with Gasteiger partial charge >= 0.3 is 12.2 Å². The van der Waals surface area contributed by atoms with Crippen molar-refractivity contribution < 1.29 is 26.7 Å². The summed E-state index contributed by atoms with van der Waals surface area (Å²) in [5.74, 6) is -1.93. The molecule has 2 saturated heterocycles. The third kappa shape index (κ3) is 4.26. The molecule has 4 heterocycles. The molecule has 36 heavy (non-hydrogen) atoms. The van der Waals surface area contributed by atoms with Crippen molar-refractivity contribution in [2.75, 3.05) is 30.8 Å². The van der Waals surface area contributed by atoms with Crippen molar-refractivity contribution in [3.05, 3.63) is 45.5 Å². The molecule has 5 rings (SSSR count). The van der Waals surface area contributed by atoms with Gasteiger partial charge in [0.2, 0.25) is 0 Å². The Morgan fingerprint density at radius 2 is 1.94 bits per heavy atom. The van der Waals surface area contributed by atoms with Crippen molar-refractivity contribution in [3.8, 4) is 6.01 Å². The molecule has 3 N–H and O–H groups in total. The van der Waals surface area contributed by atoms with E-state index in [-0.39, 0.29) is 49.8 Å². The van der Waals surface area contributed by atoms with Crippen molar-refractivity contribution in [2.24, 2.45) is 0 Å². The van der Waals surface area contributed by atoms with Gasteiger partial charge in [-0.15, -0.1) is 0 Å². The molecule has 0 spiro atoms.